The van der Waals surface area contributed by atoms with Crippen molar-refractivity contribution in [2.24, 2.45) is 0 Å². The summed E-state index contributed by atoms with van der Waals surface area (Å²) in [5.74, 6) is -1.61. The summed E-state index contributed by atoms with van der Waals surface area (Å²) in [4.78, 5) is 3.18. The van der Waals surface area contributed by atoms with E-state index in [0.717, 1.165) is 0 Å². The van der Waals surface area contributed by atoms with Gasteiger partial charge < -0.3 is 14.9 Å². The van der Waals surface area contributed by atoms with E-state index in [1.54, 1.807) is 0 Å². The maximum atomic E-state index is 12.3. The van der Waals surface area contributed by atoms with Crippen LogP contribution in [0, 0.1) is 0 Å². The molecule has 0 aliphatic carbocycles. The first-order valence-corrected chi connectivity index (χ1v) is 4.01. The molecule has 1 rings (SSSR count). The zero-order chi connectivity index (χ0) is 12.3. The smallest absolute Gasteiger partial charge is 0.506 e. The molecule has 16 heavy (non-hydrogen) atoms. The van der Waals surface area contributed by atoms with Crippen LogP contribution in [0.2, 0.25) is 0 Å². The fraction of sp³-hybridized carbons (Fsp3) is 0.375. The lowest BCUT2D eigenvalue weighted by molar-refractivity contribution is -0.276. The molecule has 0 spiro atoms. The summed E-state index contributed by atoms with van der Waals surface area (Å²) in [6.45, 7) is -2.02. The summed E-state index contributed by atoms with van der Waals surface area (Å²) in [5, 5.41) is 17.9. The molecule has 0 amide bonds. The van der Waals surface area contributed by atoms with Gasteiger partial charge in [-0.15, -0.1) is 13.2 Å². The molecule has 0 atom stereocenters. The molecule has 2 N–H and O–H groups in total. The predicted octanol–water partition coefficient (Wildman–Crippen LogP) is 1.65. The van der Waals surface area contributed by atoms with E-state index in [1.165, 1.54) is 0 Å². The highest BCUT2D eigenvalue weighted by Gasteiger charge is 2.32. The first kappa shape index (κ1) is 12.5. The van der Waals surface area contributed by atoms with Crippen molar-refractivity contribution in [2.75, 3.05) is 0 Å². The third-order valence-corrected chi connectivity index (χ3v) is 1.63. The fourth-order valence-corrected chi connectivity index (χ4v) is 1.00. The van der Waals surface area contributed by atoms with Crippen molar-refractivity contribution in [2.45, 2.75) is 19.6 Å². The van der Waals surface area contributed by atoms with Gasteiger partial charge in [0, 0.05) is 11.6 Å². The molecule has 0 unspecified atom stereocenters. The van der Waals surface area contributed by atoms with E-state index in [4.69, 9.17) is 5.11 Å². The topological polar surface area (TPSA) is 62.6 Å². The summed E-state index contributed by atoms with van der Waals surface area (Å²) < 4.78 is 51.2. The van der Waals surface area contributed by atoms with Crippen LogP contribution in [0.4, 0.5) is 17.6 Å². The van der Waals surface area contributed by atoms with Gasteiger partial charge in [0.15, 0.2) is 0 Å². The monoisotopic (exact) mass is 241 g/mol. The quantitative estimate of drug-likeness (QED) is 0.790. The molecule has 0 radical (unpaired) electrons. The minimum Gasteiger partial charge on any atom is -0.506 e. The van der Waals surface area contributed by atoms with Gasteiger partial charge in [-0.1, -0.05) is 0 Å². The van der Waals surface area contributed by atoms with Crippen LogP contribution in [0.15, 0.2) is 6.07 Å². The van der Waals surface area contributed by atoms with Crippen LogP contribution in [0.1, 0.15) is 11.3 Å². The van der Waals surface area contributed by atoms with E-state index in [0.29, 0.717) is 6.07 Å². The van der Waals surface area contributed by atoms with Crippen molar-refractivity contribution in [1.29, 1.82) is 0 Å². The first-order valence-electron chi connectivity index (χ1n) is 4.01. The normalized spacial score (nSPS) is 11.6. The Morgan fingerprint density at radius 3 is 2.44 bits per heavy atom. The zero-order valence-electron chi connectivity index (χ0n) is 7.75. The molecule has 8 heteroatoms. The van der Waals surface area contributed by atoms with Crippen molar-refractivity contribution in [3.05, 3.63) is 17.3 Å². The Morgan fingerprint density at radius 1 is 1.38 bits per heavy atom. The minimum atomic E-state index is -4.97. The van der Waals surface area contributed by atoms with Gasteiger partial charge in [0.25, 0.3) is 0 Å². The molecule has 1 aromatic heterocycles. The molecule has 0 saturated heterocycles. The van der Waals surface area contributed by atoms with Gasteiger partial charge in [-0.2, -0.15) is 0 Å². The second-order valence-corrected chi connectivity index (χ2v) is 2.75. The summed E-state index contributed by atoms with van der Waals surface area (Å²) in [5.41, 5.74) is -0.910. The highest BCUT2D eigenvalue weighted by molar-refractivity contribution is 5.39. The van der Waals surface area contributed by atoms with Gasteiger partial charge in [-0.05, 0) is 0 Å². The number of hydrogen-bond acceptors (Lipinski definition) is 4. The summed E-state index contributed by atoms with van der Waals surface area (Å²) in [6.07, 6.45) is -4.97. The largest absolute Gasteiger partial charge is 0.574 e. The van der Waals surface area contributed by atoms with Gasteiger partial charge in [0.05, 0.1) is 6.61 Å². The highest BCUT2D eigenvalue weighted by Crippen LogP contribution is 2.29. The molecule has 0 fully saturated rings. The molecule has 4 nitrogen and oxygen atoms in total. The van der Waals surface area contributed by atoms with Crippen LogP contribution < -0.4 is 4.74 Å². The van der Waals surface area contributed by atoms with E-state index in [-0.39, 0.29) is 0 Å². The lowest BCUT2D eigenvalue weighted by atomic mass is 10.2. The zero-order valence-corrected chi connectivity index (χ0v) is 7.75. The third-order valence-electron chi connectivity index (χ3n) is 1.63. The van der Waals surface area contributed by atoms with Gasteiger partial charge in [-0.3, -0.25) is 0 Å². The second kappa shape index (κ2) is 4.52. The molecule has 0 aliphatic rings. The Bertz CT molecular complexity index is 355. The third kappa shape index (κ3) is 2.96. The molecule has 90 valence electrons. The number of hydrogen-bond donors (Lipinski definition) is 2. The maximum Gasteiger partial charge on any atom is 0.574 e. The number of nitrogens with zero attached hydrogens (tertiary/aromatic N) is 1. The van der Waals surface area contributed by atoms with Crippen molar-refractivity contribution >= 4 is 0 Å². The predicted molar refractivity (Wildman–Crippen MR) is 43.3 cm³/mol. The Kier molecular flexibility index (Phi) is 3.53. The number of aliphatic hydroxyl groups excluding tert-OH is 1. The second-order valence-electron chi connectivity index (χ2n) is 2.75. The van der Waals surface area contributed by atoms with Crippen LogP contribution >= 0.6 is 0 Å². The molecule has 0 bridgehead atoms. The van der Waals surface area contributed by atoms with E-state index in [2.05, 4.69) is 9.72 Å². The SMILES string of the molecule is OCc1nc(OC(F)(F)F)cc(CF)c1O. The average Bonchev–Trinajstić information content (AvgIpc) is 2.18. The highest BCUT2D eigenvalue weighted by atomic mass is 19.4. The molecular formula is C8H7F4NO3. The number of aromatic nitrogens is 1. The summed E-state index contributed by atoms with van der Waals surface area (Å²) >= 11 is 0. The van der Waals surface area contributed by atoms with Crippen molar-refractivity contribution < 1.29 is 32.5 Å². The van der Waals surface area contributed by atoms with Gasteiger partial charge in [0.1, 0.15) is 18.1 Å². The minimum absolute atomic E-state index is 0.432. The van der Waals surface area contributed by atoms with Gasteiger partial charge in [-0.25, -0.2) is 9.37 Å². The molecule has 1 aromatic rings. The van der Waals surface area contributed by atoms with Crippen molar-refractivity contribution in [3.8, 4) is 11.6 Å². The Labute approximate surface area is 87.1 Å². The Morgan fingerprint density at radius 2 is 2.00 bits per heavy atom. The fourth-order valence-electron chi connectivity index (χ4n) is 1.00. The number of rotatable bonds is 3. The number of aromatic hydroxyl groups is 1. The standard InChI is InChI=1S/C8H7F4NO3/c9-2-4-1-6(16-8(10,11)12)13-5(3-14)7(4)15/h1,14-15H,2-3H2. The maximum absolute atomic E-state index is 12.3. The summed E-state index contributed by atoms with van der Waals surface area (Å²) in [7, 11) is 0. The lowest BCUT2D eigenvalue weighted by Gasteiger charge is -2.11. The summed E-state index contributed by atoms with van der Waals surface area (Å²) in [6, 6.07) is 0.613. The molecule has 1 heterocycles. The number of pyridine rings is 1. The van der Waals surface area contributed by atoms with E-state index < -0.39 is 42.5 Å². The molecule has 0 aliphatic heterocycles. The van der Waals surface area contributed by atoms with Gasteiger partial charge >= 0.3 is 6.36 Å². The first-order chi connectivity index (χ1) is 7.37. The molecule has 0 saturated carbocycles. The number of ether oxygens (including phenoxy) is 1. The Hall–Kier alpha value is -1.57. The van der Waals surface area contributed by atoms with Crippen LogP contribution in [0.3, 0.4) is 0 Å². The van der Waals surface area contributed by atoms with Crippen LogP contribution in [-0.4, -0.2) is 21.6 Å². The average molecular weight is 241 g/mol. The van der Waals surface area contributed by atoms with E-state index >= 15 is 0 Å². The Balaban J connectivity index is 3.12. The van der Waals surface area contributed by atoms with Crippen LogP contribution in [0.25, 0.3) is 0 Å². The van der Waals surface area contributed by atoms with Gasteiger partial charge in [0.2, 0.25) is 5.88 Å². The van der Waals surface area contributed by atoms with E-state index in [9.17, 15) is 22.7 Å². The van der Waals surface area contributed by atoms with Crippen molar-refractivity contribution in [1.82, 2.24) is 4.98 Å². The number of halogens is 4. The molecule has 0 aromatic carbocycles. The van der Waals surface area contributed by atoms with Crippen LogP contribution in [-0.2, 0) is 13.3 Å². The lowest BCUT2D eigenvalue weighted by Crippen LogP contribution is -2.18. The molecular weight excluding hydrogens is 234 g/mol. The number of aliphatic hydroxyl groups is 1. The number of alkyl halides is 4. The van der Waals surface area contributed by atoms with Crippen molar-refractivity contribution in [3.63, 3.8) is 0 Å². The van der Waals surface area contributed by atoms with Crippen LogP contribution in [0.5, 0.6) is 11.6 Å². The van der Waals surface area contributed by atoms with E-state index in [1.807, 2.05) is 0 Å².